The molecule has 120 valence electrons. The first-order valence-corrected chi connectivity index (χ1v) is 10.5. The Hall–Kier alpha value is -1.75. The van der Waals surface area contributed by atoms with Crippen molar-refractivity contribution >= 4 is 34.0 Å². The Labute approximate surface area is 154 Å². The first kappa shape index (κ1) is 15.8. The fourth-order valence-electron chi connectivity index (χ4n) is 2.88. The van der Waals surface area contributed by atoms with Crippen molar-refractivity contribution in [3.63, 3.8) is 0 Å². The molecule has 0 N–H and O–H groups in total. The van der Waals surface area contributed by atoms with Gasteiger partial charge >= 0.3 is 0 Å². The quantitative estimate of drug-likeness (QED) is 0.405. The van der Waals surface area contributed by atoms with Gasteiger partial charge in [-0.3, -0.25) is 4.98 Å². The summed E-state index contributed by atoms with van der Waals surface area (Å²) in [4.78, 5) is 8.93. The van der Waals surface area contributed by atoms with E-state index in [1.807, 2.05) is 40.2 Å². The van der Waals surface area contributed by atoms with Crippen LogP contribution in [0.25, 0.3) is 0 Å². The molecular formula is C20H17NS3. The molecule has 0 spiro atoms. The van der Waals surface area contributed by atoms with Crippen LogP contribution in [-0.2, 0) is 19.3 Å². The van der Waals surface area contributed by atoms with Crippen molar-refractivity contribution < 1.29 is 0 Å². The van der Waals surface area contributed by atoms with E-state index in [0.29, 0.717) is 0 Å². The van der Waals surface area contributed by atoms with Crippen molar-refractivity contribution in [2.45, 2.75) is 19.3 Å². The molecule has 0 aromatic carbocycles. The van der Waals surface area contributed by atoms with Gasteiger partial charge in [0.2, 0.25) is 0 Å². The molecule has 4 aromatic rings. The van der Waals surface area contributed by atoms with Crippen LogP contribution in [-0.4, -0.2) is 4.98 Å². The lowest BCUT2D eigenvalue weighted by molar-refractivity contribution is 0.988. The first-order valence-electron chi connectivity index (χ1n) is 7.91. The van der Waals surface area contributed by atoms with Crippen molar-refractivity contribution in [1.82, 2.24) is 4.98 Å². The van der Waals surface area contributed by atoms with Gasteiger partial charge < -0.3 is 0 Å². The summed E-state index contributed by atoms with van der Waals surface area (Å²) in [5.41, 5.74) is 4.04. The maximum atomic E-state index is 4.74. The lowest BCUT2D eigenvalue weighted by atomic mass is 9.97. The molecule has 0 bridgehead atoms. The third-order valence-corrected chi connectivity index (χ3v) is 6.67. The van der Waals surface area contributed by atoms with Gasteiger partial charge in [0.15, 0.2) is 0 Å². The summed E-state index contributed by atoms with van der Waals surface area (Å²) in [6.45, 7) is 0. The van der Waals surface area contributed by atoms with Crippen LogP contribution in [0.3, 0.4) is 0 Å². The molecule has 0 saturated carbocycles. The fourth-order valence-corrected chi connectivity index (χ4v) is 5.03. The van der Waals surface area contributed by atoms with E-state index in [1.165, 1.54) is 31.5 Å². The highest BCUT2D eigenvalue weighted by molar-refractivity contribution is 7.10. The summed E-state index contributed by atoms with van der Waals surface area (Å²) in [6.07, 6.45) is 4.88. The van der Waals surface area contributed by atoms with Gasteiger partial charge in [-0.1, -0.05) is 18.2 Å². The lowest BCUT2D eigenvalue weighted by Crippen LogP contribution is -2.04. The molecule has 4 rings (SSSR count). The molecule has 0 radical (unpaired) electrons. The Morgan fingerprint density at radius 3 is 1.83 bits per heavy atom. The second-order valence-electron chi connectivity index (χ2n) is 5.66. The minimum Gasteiger partial charge on any atom is -0.261 e. The maximum absolute atomic E-state index is 4.74. The van der Waals surface area contributed by atoms with Crippen LogP contribution in [0.5, 0.6) is 0 Å². The van der Waals surface area contributed by atoms with Gasteiger partial charge in [-0.05, 0) is 51.5 Å². The minimum atomic E-state index is 0.927. The molecule has 1 nitrogen and oxygen atoms in total. The summed E-state index contributed by atoms with van der Waals surface area (Å²) in [5.74, 6) is 0. The highest BCUT2D eigenvalue weighted by atomic mass is 32.1. The van der Waals surface area contributed by atoms with E-state index < -0.39 is 0 Å². The summed E-state index contributed by atoms with van der Waals surface area (Å²) in [5, 5.41) is 6.45. The van der Waals surface area contributed by atoms with Gasteiger partial charge in [-0.25, -0.2) is 0 Å². The highest BCUT2D eigenvalue weighted by Crippen LogP contribution is 2.26. The SMILES string of the molecule is c1csc(Cc2ccnc(Cc3cccs3)c2Cc2cccs2)c1. The molecule has 0 fully saturated rings. The number of nitrogens with zero attached hydrogens (tertiary/aromatic N) is 1. The summed E-state index contributed by atoms with van der Waals surface area (Å²) in [6, 6.07) is 15.2. The smallest absolute Gasteiger partial charge is 0.0494 e. The van der Waals surface area contributed by atoms with E-state index in [2.05, 4.69) is 58.6 Å². The molecule has 24 heavy (non-hydrogen) atoms. The van der Waals surface area contributed by atoms with Crippen LogP contribution in [0.1, 0.15) is 31.5 Å². The van der Waals surface area contributed by atoms with Gasteiger partial charge in [0.25, 0.3) is 0 Å². The average Bonchev–Trinajstić information content (AvgIpc) is 3.34. The van der Waals surface area contributed by atoms with E-state index in [4.69, 9.17) is 4.98 Å². The van der Waals surface area contributed by atoms with E-state index >= 15 is 0 Å². The van der Waals surface area contributed by atoms with Crippen LogP contribution >= 0.6 is 34.0 Å². The molecular weight excluding hydrogens is 350 g/mol. The van der Waals surface area contributed by atoms with Crippen LogP contribution in [0.4, 0.5) is 0 Å². The molecule has 0 aliphatic heterocycles. The minimum absolute atomic E-state index is 0.927. The predicted octanol–water partition coefficient (Wildman–Crippen LogP) is 6.04. The Morgan fingerprint density at radius 1 is 0.667 bits per heavy atom. The van der Waals surface area contributed by atoms with Gasteiger partial charge in [-0.2, -0.15) is 0 Å². The number of thiophene rings is 3. The first-order chi connectivity index (χ1) is 11.9. The van der Waals surface area contributed by atoms with Crippen molar-refractivity contribution in [2.75, 3.05) is 0 Å². The molecule has 0 atom stereocenters. The number of hydrogen-bond acceptors (Lipinski definition) is 4. The Bertz CT molecular complexity index is 821. The van der Waals surface area contributed by atoms with E-state index in [9.17, 15) is 0 Å². The van der Waals surface area contributed by atoms with Crippen LogP contribution in [0, 0.1) is 0 Å². The van der Waals surface area contributed by atoms with Gasteiger partial charge in [0.05, 0.1) is 0 Å². The summed E-state index contributed by atoms with van der Waals surface area (Å²) >= 11 is 5.47. The molecule has 0 aliphatic rings. The van der Waals surface area contributed by atoms with Gasteiger partial charge in [-0.15, -0.1) is 34.0 Å². The number of rotatable bonds is 6. The lowest BCUT2D eigenvalue weighted by Gasteiger charge is -2.13. The predicted molar refractivity (Wildman–Crippen MR) is 106 cm³/mol. The van der Waals surface area contributed by atoms with Crippen molar-refractivity contribution in [2.24, 2.45) is 0 Å². The number of hydrogen-bond donors (Lipinski definition) is 0. The van der Waals surface area contributed by atoms with Gasteiger partial charge in [0, 0.05) is 45.8 Å². The average molecular weight is 368 g/mol. The van der Waals surface area contributed by atoms with E-state index in [1.54, 1.807) is 0 Å². The molecule has 0 saturated heterocycles. The number of pyridine rings is 1. The van der Waals surface area contributed by atoms with E-state index in [0.717, 1.165) is 19.3 Å². The monoisotopic (exact) mass is 367 g/mol. The third kappa shape index (κ3) is 3.66. The van der Waals surface area contributed by atoms with Crippen molar-refractivity contribution in [3.8, 4) is 0 Å². The maximum Gasteiger partial charge on any atom is 0.0494 e. The molecule has 4 aromatic heterocycles. The second kappa shape index (κ2) is 7.43. The largest absolute Gasteiger partial charge is 0.261 e. The van der Waals surface area contributed by atoms with Crippen molar-refractivity contribution in [3.05, 3.63) is 96.3 Å². The molecule has 4 heterocycles. The highest BCUT2D eigenvalue weighted by Gasteiger charge is 2.13. The third-order valence-electron chi connectivity index (χ3n) is 4.04. The number of aromatic nitrogens is 1. The Morgan fingerprint density at radius 2 is 1.25 bits per heavy atom. The topological polar surface area (TPSA) is 12.9 Å². The zero-order valence-corrected chi connectivity index (χ0v) is 15.6. The normalized spacial score (nSPS) is 11.0. The standard InChI is InChI=1S/C20H17NS3/c1-4-16(22-9-1)12-15-7-8-21-20(14-18-6-3-11-24-18)19(15)13-17-5-2-10-23-17/h1-11H,12-14H2. The molecule has 0 unspecified atom stereocenters. The summed E-state index contributed by atoms with van der Waals surface area (Å²) in [7, 11) is 0. The molecule has 0 aliphatic carbocycles. The van der Waals surface area contributed by atoms with Gasteiger partial charge in [0.1, 0.15) is 0 Å². The Balaban J connectivity index is 1.71. The molecule has 4 heteroatoms. The summed E-state index contributed by atoms with van der Waals surface area (Å²) < 4.78 is 0. The fraction of sp³-hybridized carbons (Fsp3) is 0.150. The second-order valence-corrected chi connectivity index (χ2v) is 8.76. The van der Waals surface area contributed by atoms with Crippen LogP contribution in [0.15, 0.2) is 64.8 Å². The van der Waals surface area contributed by atoms with Crippen LogP contribution < -0.4 is 0 Å². The van der Waals surface area contributed by atoms with Crippen molar-refractivity contribution in [1.29, 1.82) is 0 Å². The molecule has 0 amide bonds. The Kier molecular flexibility index (Phi) is 4.88. The van der Waals surface area contributed by atoms with Crippen LogP contribution in [0.2, 0.25) is 0 Å². The van der Waals surface area contributed by atoms with E-state index in [-0.39, 0.29) is 0 Å². The zero-order valence-electron chi connectivity index (χ0n) is 13.1. The zero-order chi connectivity index (χ0) is 16.2.